The molecule has 2 unspecified atom stereocenters. The molecule has 0 amide bonds. The van der Waals surface area contributed by atoms with Crippen LogP contribution >= 0.6 is 0 Å². The van der Waals surface area contributed by atoms with Crippen LogP contribution in [0.1, 0.15) is 18.9 Å². The largest absolute Gasteiger partial charge is 0.465 e. The normalized spacial score (nSPS) is 21.9. The van der Waals surface area contributed by atoms with Crippen LogP contribution in [0.5, 0.6) is 0 Å². The minimum Gasteiger partial charge on any atom is -0.465 e. The summed E-state index contributed by atoms with van der Waals surface area (Å²) < 4.78 is 28.1. The Morgan fingerprint density at radius 3 is 2.67 bits per heavy atom. The zero-order chi connectivity index (χ0) is 15.3. The minimum absolute atomic E-state index is 0.0949. The van der Waals surface area contributed by atoms with E-state index in [0.717, 1.165) is 5.56 Å². The SMILES string of the molecule is CCOC(=O)C(Cc1ccccc1)NC1CCS(=O)(=O)C1. The van der Waals surface area contributed by atoms with E-state index < -0.39 is 15.9 Å². The zero-order valence-corrected chi connectivity index (χ0v) is 12.9. The smallest absolute Gasteiger partial charge is 0.323 e. The average Bonchev–Trinajstić information content (AvgIpc) is 2.79. The molecule has 0 bridgehead atoms. The molecule has 1 aromatic rings. The lowest BCUT2D eigenvalue weighted by Crippen LogP contribution is -2.46. The van der Waals surface area contributed by atoms with Gasteiger partial charge >= 0.3 is 5.97 Å². The third-order valence-corrected chi connectivity index (χ3v) is 5.29. The molecule has 0 radical (unpaired) electrons. The van der Waals surface area contributed by atoms with Gasteiger partial charge in [0, 0.05) is 6.04 Å². The Morgan fingerprint density at radius 1 is 1.38 bits per heavy atom. The molecule has 6 heteroatoms. The maximum atomic E-state index is 12.1. The van der Waals surface area contributed by atoms with Gasteiger partial charge in [0.2, 0.25) is 0 Å². The van der Waals surface area contributed by atoms with Crippen LogP contribution in [0, 0.1) is 0 Å². The molecular weight excluding hydrogens is 290 g/mol. The van der Waals surface area contributed by atoms with E-state index in [9.17, 15) is 13.2 Å². The molecule has 0 spiro atoms. The molecule has 2 rings (SSSR count). The molecule has 116 valence electrons. The zero-order valence-electron chi connectivity index (χ0n) is 12.1. The highest BCUT2D eigenvalue weighted by Crippen LogP contribution is 2.14. The first-order valence-electron chi connectivity index (χ1n) is 7.17. The molecule has 0 aliphatic carbocycles. The van der Waals surface area contributed by atoms with Gasteiger partial charge in [-0.05, 0) is 25.3 Å². The van der Waals surface area contributed by atoms with Gasteiger partial charge in [-0.15, -0.1) is 0 Å². The molecule has 1 heterocycles. The monoisotopic (exact) mass is 311 g/mol. The van der Waals surface area contributed by atoms with Crippen LogP contribution in [0.25, 0.3) is 0 Å². The van der Waals surface area contributed by atoms with Gasteiger partial charge in [-0.25, -0.2) is 8.42 Å². The van der Waals surface area contributed by atoms with Gasteiger partial charge in [0.05, 0.1) is 18.1 Å². The lowest BCUT2D eigenvalue weighted by Gasteiger charge is -2.21. The van der Waals surface area contributed by atoms with Crippen LogP contribution in [0.2, 0.25) is 0 Å². The van der Waals surface area contributed by atoms with Crippen molar-refractivity contribution in [3.05, 3.63) is 35.9 Å². The number of rotatable bonds is 6. The molecule has 1 aromatic carbocycles. The second-order valence-electron chi connectivity index (χ2n) is 5.26. The number of hydrogen-bond acceptors (Lipinski definition) is 5. The predicted molar refractivity (Wildman–Crippen MR) is 80.8 cm³/mol. The molecule has 1 saturated heterocycles. The number of esters is 1. The second kappa shape index (κ2) is 7.04. The fourth-order valence-corrected chi connectivity index (χ4v) is 4.20. The second-order valence-corrected chi connectivity index (χ2v) is 7.49. The summed E-state index contributed by atoms with van der Waals surface area (Å²) in [6, 6.07) is 8.95. The number of ether oxygens (including phenoxy) is 1. The fraction of sp³-hybridized carbons (Fsp3) is 0.533. The number of carbonyl (C=O) groups excluding carboxylic acids is 1. The Kier molecular flexibility index (Phi) is 5.36. The van der Waals surface area contributed by atoms with E-state index >= 15 is 0 Å². The van der Waals surface area contributed by atoms with Crippen molar-refractivity contribution in [2.45, 2.75) is 31.8 Å². The first-order valence-corrected chi connectivity index (χ1v) is 8.99. The summed E-state index contributed by atoms with van der Waals surface area (Å²) in [5.41, 5.74) is 1.02. The number of nitrogens with one attached hydrogen (secondary N) is 1. The van der Waals surface area contributed by atoms with E-state index in [0.29, 0.717) is 19.4 Å². The highest BCUT2D eigenvalue weighted by Gasteiger charge is 2.31. The number of carbonyl (C=O) groups is 1. The summed E-state index contributed by atoms with van der Waals surface area (Å²) >= 11 is 0. The molecule has 1 aliphatic rings. The maximum absolute atomic E-state index is 12.1. The molecule has 5 nitrogen and oxygen atoms in total. The van der Waals surface area contributed by atoms with E-state index in [1.165, 1.54) is 0 Å². The maximum Gasteiger partial charge on any atom is 0.323 e. The summed E-state index contributed by atoms with van der Waals surface area (Å²) in [6.45, 7) is 2.08. The van der Waals surface area contributed by atoms with Gasteiger partial charge in [0.1, 0.15) is 6.04 Å². The van der Waals surface area contributed by atoms with E-state index in [1.807, 2.05) is 30.3 Å². The summed E-state index contributed by atoms with van der Waals surface area (Å²) in [5.74, 6) is -0.0471. The topological polar surface area (TPSA) is 72.5 Å². The highest BCUT2D eigenvalue weighted by atomic mass is 32.2. The minimum atomic E-state index is -2.97. The summed E-state index contributed by atoms with van der Waals surface area (Å²) in [4.78, 5) is 12.1. The number of hydrogen-bond donors (Lipinski definition) is 1. The van der Waals surface area contributed by atoms with Crippen LogP contribution in [0.4, 0.5) is 0 Å². The van der Waals surface area contributed by atoms with Gasteiger partial charge in [0.25, 0.3) is 0 Å². The van der Waals surface area contributed by atoms with Crippen molar-refractivity contribution in [1.29, 1.82) is 0 Å². The summed E-state index contributed by atoms with van der Waals surface area (Å²) in [6.07, 6.45) is 1.04. The first kappa shape index (κ1) is 16.0. The van der Waals surface area contributed by atoms with Crippen molar-refractivity contribution >= 4 is 15.8 Å². The standard InChI is InChI=1S/C15H21NO4S/c1-2-20-15(17)14(10-12-6-4-3-5-7-12)16-13-8-9-21(18,19)11-13/h3-7,13-14,16H,2,8-11H2,1H3. The highest BCUT2D eigenvalue weighted by molar-refractivity contribution is 7.91. The van der Waals surface area contributed by atoms with Crippen molar-refractivity contribution in [2.24, 2.45) is 0 Å². The van der Waals surface area contributed by atoms with Gasteiger partial charge in [0.15, 0.2) is 9.84 Å². The Bertz CT molecular complexity index is 571. The van der Waals surface area contributed by atoms with E-state index in [2.05, 4.69) is 5.32 Å². The van der Waals surface area contributed by atoms with Crippen LogP contribution in [0.3, 0.4) is 0 Å². The lowest BCUT2D eigenvalue weighted by molar-refractivity contribution is -0.145. The van der Waals surface area contributed by atoms with Gasteiger partial charge < -0.3 is 10.1 Å². The quantitative estimate of drug-likeness (QED) is 0.792. The Hall–Kier alpha value is -1.40. The Morgan fingerprint density at radius 2 is 2.10 bits per heavy atom. The number of benzene rings is 1. The van der Waals surface area contributed by atoms with E-state index in [1.54, 1.807) is 6.92 Å². The van der Waals surface area contributed by atoms with Crippen molar-refractivity contribution in [3.8, 4) is 0 Å². The molecule has 0 saturated carbocycles. The molecule has 1 fully saturated rings. The third kappa shape index (κ3) is 4.82. The molecule has 2 atom stereocenters. The summed E-state index contributed by atoms with van der Waals surface area (Å²) in [7, 11) is -2.97. The van der Waals surface area contributed by atoms with Crippen molar-refractivity contribution in [2.75, 3.05) is 18.1 Å². The Balaban J connectivity index is 2.04. The average molecular weight is 311 g/mol. The van der Waals surface area contributed by atoms with E-state index in [4.69, 9.17) is 4.74 Å². The predicted octanol–water partition coefficient (Wildman–Crippen LogP) is 0.938. The molecule has 21 heavy (non-hydrogen) atoms. The molecule has 1 N–H and O–H groups in total. The van der Waals surface area contributed by atoms with Crippen LogP contribution in [-0.4, -0.2) is 44.6 Å². The van der Waals surface area contributed by atoms with Crippen LogP contribution in [0.15, 0.2) is 30.3 Å². The van der Waals surface area contributed by atoms with Gasteiger partial charge in [-0.2, -0.15) is 0 Å². The van der Waals surface area contributed by atoms with E-state index in [-0.39, 0.29) is 23.5 Å². The van der Waals surface area contributed by atoms with Crippen LogP contribution in [-0.2, 0) is 25.8 Å². The third-order valence-electron chi connectivity index (χ3n) is 3.52. The Labute approximate surface area is 125 Å². The molecule has 1 aliphatic heterocycles. The van der Waals surface area contributed by atoms with Crippen LogP contribution < -0.4 is 5.32 Å². The molecular formula is C15H21NO4S. The van der Waals surface area contributed by atoms with Gasteiger partial charge in [-0.3, -0.25) is 4.79 Å². The number of sulfone groups is 1. The van der Waals surface area contributed by atoms with Gasteiger partial charge in [-0.1, -0.05) is 30.3 Å². The first-order chi connectivity index (χ1) is 10.00. The van der Waals surface area contributed by atoms with Crippen molar-refractivity contribution < 1.29 is 17.9 Å². The fourth-order valence-electron chi connectivity index (χ4n) is 2.51. The summed E-state index contributed by atoms with van der Waals surface area (Å²) in [5, 5.41) is 3.15. The lowest BCUT2D eigenvalue weighted by atomic mass is 10.0. The van der Waals surface area contributed by atoms with Crippen molar-refractivity contribution in [3.63, 3.8) is 0 Å². The molecule has 0 aromatic heterocycles. The van der Waals surface area contributed by atoms with Crippen molar-refractivity contribution in [1.82, 2.24) is 5.32 Å².